The monoisotopic (exact) mass is 296 g/mol. The van der Waals surface area contributed by atoms with E-state index in [-0.39, 0.29) is 5.82 Å². The Morgan fingerprint density at radius 2 is 1.81 bits per heavy atom. The predicted molar refractivity (Wildman–Crippen MR) is 81.0 cm³/mol. The SMILES string of the molecule is COc1cccc(CN2CCN(CC(C)(C)O)CC2)c1F. The molecular weight excluding hydrogens is 271 g/mol. The van der Waals surface area contributed by atoms with Gasteiger partial charge in [-0.15, -0.1) is 0 Å². The van der Waals surface area contributed by atoms with E-state index in [0.717, 1.165) is 26.2 Å². The topological polar surface area (TPSA) is 35.9 Å². The lowest BCUT2D eigenvalue weighted by Gasteiger charge is -2.37. The molecule has 5 heteroatoms. The van der Waals surface area contributed by atoms with E-state index in [1.54, 1.807) is 12.1 Å². The zero-order valence-electron chi connectivity index (χ0n) is 13.1. The maximum Gasteiger partial charge on any atom is 0.169 e. The zero-order chi connectivity index (χ0) is 15.5. The van der Waals surface area contributed by atoms with Crippen LogP contribution in [-0.2, 0) is 6.54 Å². The van der Waals surface area contributed by atoms with Gasteiger partial charge in [0.15, 0.2) is 11.6 Å². The van der Waals surface area contributed by atoms with E-state index in [4.69, 9.17) is 4.74 Å². The molecule has 1 aliphatic rings. The molecule has 1 N–H and O–H groups in total. The largest absolute Gasteiger partial charge is 0.494 e. The Hall–Kier alpha value is -1.17. The van der Waals surface area contributed by atoms with Crippen molar-refractivity contribution in [3.8, 4) is 5.75 Å². The third-order valence-corrected chi connectivity index (χ3v) is 3.73. The molecule has 118 valence electrons. The maximum absolute atomic E-state index is 14.1. The van der Waals surface area contributed by atoms with E-state index in [1.165, 1.54) is 7.11 Å². The van der Waals surface area contributed by atoms with Gasteiger partial charge >= 0.3 is 0 Å². The van der Waals surface area contributed by atoms with E-state index in [2.05, 4.69) is 9.80 Å². The first-order chi connectivity index (χ1) is 9.89. The number of ether oxygens (including phenoxy) is 1. The van der Waals surface area contributed by atoms with Crippen molar-refractivity contribution in [1.82, 2.24) is 9.80 Å². The first-order valence-electron chi connectivity index (χ1n) is 7.37. The van der Waals surface area contributed by atoms with Crippen molar-refractivity contribution in [2.75, 3.05) is 39.8 Å². The summed E-state index contributed by atoms with van der Waals surface area (Å²) in [5.74, 6) is 0.0343. The third-order valence-electron chi connectivity index (χ3n) is 3.73. The average Bonchev–Trinajstić information content (AvgIpc) is 2.42. The Kier molecular flexibility index (Phi) is 5.19. The molecule has 0 atom stereocenters. The van der Waals surface area contributed by atoms with E-state index in [1.807, 2.05) is 19.9 Å². The van der Waals surface area contributed by atoms with Gasteiger partial charge in [-0.1, -0.05) is 12.1 Å². The molecule has 0 saturated carbocycles. The summed E-state index contributed by atoms with van der Waals surface area (Å²) < 4.78 is 19.1. The molecule has 0 bridgehead atoms. The van der Waals surface area contributed by atoms with Crippen molar-refractivity contribution in [1.29, 1.82) is 0 Å². The Morgan fingerprint density at radius 1 is 1.19 bits per heavy atom. The summed E-state index contributed by atoms with van der Waals surface area (Å²) in [7, 11) is 1.48. The van der Waals surface area contributed by atoms with Crippen molar-refractivity contribution < 1.29 is 14.2 Å². The van der Waals surface area contributed by atoms with Gasteiger partial charge in [0.2, 0.25) is 0 Å². The normalized spacial score (nSPS) is 18.0. The van der Waals surface area contributed by atoms with Crippen LogP contribution in [0.4, 0.5) is 4.39 Å². The fourth-order valence-corrected chi connectivity index (χ4v) is 2.73. The molecule has 0 unspecified atom stereocenters. The standard InChI is InChI=1S/C16H25FN2O2/c1-16(2,20)12-19-9-7-18(8-10-19)11-13-5-4-6-14(21-3)15(13)17/h4-6,20H,7-12H2,1-3H3. The smallest absolute Gasteiger partial charge is 0.169 e. The maximum atomic E-state index is 14.1. The van der Waals surface area contributed by atoms with Gasteiger partial charge in [-0.05, 0) is 19.9 Å². The molecule has 0 spiro atoms. The third kappa shape index (κ3) is 4.66. The van der Waals surface area contributed by atoms with Crippen LogP contribution in [0.3, 0.4) is 0 Å². The number of aliphatic hydroxyl groups is 1. The Morgan fingerprint density at radius 3 is 2.38 bits per heavy atom. The second kappa shape index (κ2) is 6.73. The van der Waals surface area contributed by atoms with E-state index in [0.29, 0.717) is 24.4 Å². The van der Waals surface area contributed by atoms with Gasteiger partial charge in [0.1, 0.15) is 0 Å². The minimum absolute atomic E-state index is 0.265. The molecular formula is C16H25FN2O2. The molecule has 0 aliphatic carbocycles. The van der Waals surface area contributed by atoms with Gasteiger partial charge < -0.3 is 9.84 Å². The molecule has 21 heavy (non-hydrogen) atoms. The number of β-amino-alcohol motifs (C(OH)–C–C–N with tert-alkyl or cyclic N) is 1. The van der Waals surface area contributed by atoms with Gasteiger partial charge in [-0.3, -0.25) is 9.80 Å². The lowest BCUT2D eigenvalue weighted by molar-refractivity contribution is 0.0165. The van der Waals surface area contributed by atoms with Crippen LogP contribution in [0, 0.1) is 5.82 Å². The minimum atomic E-state index is -0.666. The fourth-order valence-electron chi connectivity index (χ4n) is 2.73. The van der Waals surface area contributed by atoms with E-state index < -0.39 is 5.60 Å². The van der Waals surface area contributed by atoms with E-state index >= 15 is 0 Å². The second-order valence-electron chi connectivity index (χ2n) is 6.30. The Bertz CT molecular complexity index is 466. The van der Waals surface area contributed by atoms with Gasteiger partial charge in [-0.2, -0.15) is 0 Å². The number of halogens is 1. The molecule has 1 heterocycles. The average molecular weight is 296 g/mol. The van der Waals surface area contributed by atoms with E-state index in [9.17, 15) is 9.50 Å². The van der Waals surface area contributed by atoms with Crippen LogP contribution in [0.15, 0.2) is 18.2 Å². The van der Waals surface area contributed by atoms with Crippen LogP contribution in [-0.4, -0.2) is 60.3 Å². The summed E-state index contributed by atoms with van der Waals surface area (Å²) in [5.41, 5.74) is 0.00596. The van der Waals surface area contributed by atoms with Crippen molar-refractivity contribution in [3.63, 3.8) is 0 Å². The number of methoxy groups -OCH3 is 1. The lowest BCUT2D eigenvalue weighted by atomic mass is 10.1. The molecule has 1 aromatic carbocycles. The highest BCUT2D eigenvalue weighted by molar-refractivity contribution is 5.31. The van der Waals surface area contributed by atoms with Crippen LogP contribution in [0.1, 0.15) is 19.4 Å². The lowest BCUT2D eigenvalue weighted by Crippen LogP contribution is -2.50. The molecule has 1 aromatic rings. The molecule has 1 fully saturated rings. The second-order valence-corrected chi connectivity index (χ2v) is 6.30. The van der Waals surface area contributed by atoms with Gasteiger partial charge in [0.25, 0.3) is 0 Å². The summed E-state index contributed by atoms with van der Waals surface area (Å²) in [6.07, 6.45) is 0. The number of piperazine rings is 1. The van der Waals surface area contributed by atoms with Crippen molar-refractivity contribution in [3.05, 3.63) is 29.6 Å². The summed E-state index contributed by atoms with van der Waals surface area (Å²) in [4.78, 5) is 4.48. The molecule has 1 aliphatic heterocycles. The number of hydrogen-bond donors (Lipinski definition) is 1. The quantitative estimate of drug-likeness (QED) is 0.897. The molecule has 4 nitrogen and oxygen atoms in total. The summed E-state index contributed by atoms with van der Waals surface area (Å²) in [6, 6.07) is 5.27. The minimum Gasteiger partial charge on any atom is -0.494 e. The Balaban J connectivity index is 1.89. The number of rotatable bonds is 5. The highest BCUT2D eigenvalue weighted by atomic mass is 19.1. The first-order valence-corrected chi connectivity index (χ1v) is 7.37. The van der Waals surface area contributed by atoms with Crippen molar-refractivity contribution >= 4 is 0 Å². The fraction of sp³-hybridized carbons (Fsp3) is 0.625. The summed E-state index contributed by atoms with van der Waals surface area (Å²) >= 11 is 0. The summed E-state index contributed by atoms with van der Waals surface area (Å²) in [6.45, 7) is 8.48. The zero-order valence-corrected chi connectivity index (χ0v) is 13.1. The first kappa shape index (κ1) is 16.2. The number of benzene rings is 1. The highest BCUT2D eigenvalue weighted by Crippen LogP contribution is 2.21. The highest BCUT2D eigenvalue weighted by Gasteiger charge is 2.23. The van der Waals surface area contributed by atoms with Gasteiger partial charge in [-0.25, -0.2) is 4.39 Å². The number of nitrogens with zero attached hydrogens (tertiary/aromatic N) is 2. The molecule has 0 radical (unpaired) electrons. The van der Waals surface area contributed by atoms with Crippen LogP contribution >= 0.6 is 0 Å². The van der Waals surface area contributed by atoms with Crippen LogP contribution < -0.4 is 4.74 Å². The molecule has 1 saturated heterocycles. The van der Waals surface area contributed by atoms with Gasteiger partial charge in [0.05, 0.1) is 12.7 Å². The molecule has 0 amide bonds. The Labute approximate surface area is 126 Å². The predicted octanol–water partition coefficient (Wildman–Crippen LogP) is 1.72. The molecule has 2 rings (SSSR count). The molecule has 0 aromatic heterocycles. The van der Waals surface area contributed by atoms with Crippen LogP contribution in [0.25, 0.3) is 0 Å². The van der Waals surface area contributed by atoms with Crippen molar-refractivity contribution in [2.45, 2.75) is 26.0 Å². The van der Waals surface area contributed by atoms with Crippen LogP contribution in [0.5, 0.6) is 5.75 Å². The van der Waals surface area contributed by atoms with Gasteiger partial charge in [0, 0.05) is 44.8 Å². The van der Waals surface area contributed by atoms with Crippen LogP contribution in [0.2, 0.25) is 0 Å². The number of hydrogen-bond acceptors (Lipinski definition) is 4. The summed E-state index contributed by atoms with van der Waals surface area (Å²) in [5, 5.41) is 9.85. The van der Waals surface area contributed by atoms with Crippen molar-refractivity contribution in [2.24, 2.45) is 0 Å².